The SMILES string of the molecule is CF.COC(=O)Nc1ccc2c(c1)NC(=O)CCCCC(c1ccc(-c3cc(Cl)ccc3N(N)/C=C(/C)N)cn1)c1cccc-2c1. The molecule has 46 heavy (non-hydrogen) atoms. The molecule has 1 aliphatic rings. The maximum Gasteiger partial charge on any atom is 0.411 e. The highest BCUT2D eigenvalue weighted by Gasteiger charge is 2.20. The Balaban J connectivity index is 0.00000235. The van der Waals surface area contributed by atoms with E-state index >= 15 is 0 Å². The number of pyridine rings is 1. The molecule has 9 nitrogen and oxygen atoms in total. The molecule has 4 aromatic rings. The van der Waals surface area contributed by atoms with Gasteiger partial charge in [0.1, 0.15) is 0 Å². The van der Waals surface area contributed by atoms with E-state index in [0.29, 0.717) is 35.7 Å². The van der Waals surface area contributed by atoms with Crippen molar-refractivity contribution in [1.82, 2.24) is 4.98 Å². The average Bonchev–Trinajstić information content (AvgIpc) is 3.05. The molecule has 2 heterocycles. The van der Waals surface area contributed by atoms with Crippen molar-refractivity contribution >= 4 is 40.7 Å². The Morgan fingerprint density at radius 2 is 1.87 bits per heavy atom. The third-order valence-electron chi connectivity index (χ3n) is 7.51. The Labute approximate surface area is 273 Å². The van der Waals surface area contributed by atoms with Crippen LogP contribution in [0, 0.1) is 0 Å². The van der Waals surface area contributed by atoms with Crippen molar-refractivity contribution < 1.29 is 18.7 Å². The Bertz CT molecular complexity index is 1710. The first-order valence-electron chi connectivity index (χ1n) is 14.7. The number of nitrogens with zero attached hydrogens (tertiary/aromatic N) is 2. The number of carbonyl (C=O) groups excluding carboxylic acids is 2. The molecule has 1 aromatic heterocycles. The minimum Gasteiger partial charge on any atom is -0.453 e. The molecular formula is C35H38ClFN6O3. The third-order valence-corrected chi connectivity index (χ3v) is 7.74. The second-order valence-corrected chi connectivity index (χ2v) is 11.2. The minimum atomic E-state index is -0.581. The van der Waals surface area contributed by atoms with E-state index in [1.54, 1.807) is 31.3 Å². The summed E-state index contributed by atoms with van der Waals surface area (Å²) in [5, 5.41) is 7.77. The van der Waals surface area contributed by atoms with Crippen molar-refractivity contribution in [2.24, 2.45) is 11.6 Å². The molecule has 0 aliphatic carbocycles. The molecule has 0 radical (unpaired) electrons. The van der Waals surface area contributed by atoms with Crippen LogP contribution in [0.25, 0.3) is 22.3 Å². The Kier molecular flexibility index (Phi) is 11.7. The number of fused-ring (bicyclic) bond motifs is 4. The smallest absolute Gasteiger partial charge is 0.411 e. The fourth-order valence-electron chi connectivity index (χ4n) is 5.43. The predicted octanol–water partition coefficient (Wildman–Crippen LogP) is 7.98. The van der Waals surface area contributed by atoms with Crippen LogP contribution in [0.5, 0.6) is 0 Å². The zero-order valence-electron chi connectivity index (χ0n) is 26.0. The number of rotatable bonds is 5. The van der Waals surface area contributed by atoms with Gasteiger partial charge in [-0.25, -0.2) is 10.6 Å². The van der Waals surface area contributed by atoms with Crippen LogP contribution in [-0.4, -0.2) is 31.3 Å². The van der Waals surface area contributed by atoms with Crippen LogP contribution in [0.2, 0.25) is 5.02 Å². The number of nitrogens with two attached hydrogens (primary N) is 2. The number of hydrogen-bond donors (Lipinski definition) is 4. The molecule has 1 atom stereocenters. The van der Waals surface area contributed by atoms with Crippen molar-refractivity contribution in [2.75, 3.05) is 29.9 Å². The van der Waals surface area contributed by atoms with E-state index in [9.17, 15) is 14.0 Å². The van der Waals surface area contributed by atoms with Gasteiger partial charge in [0.2, 0.25) is 5.91 Å². The van der Waals surface area contributed by atoms with Crippen LogP contribution in [-0.2, 0) is 9.53 Å². The third kappa shape index (κ3) is 8.41. The van der Waals surface area contributed by atoms with Crippen molar-refractivity contribution in [3.63, 3.8) is 0 Å². The molecular weight excluding hydrogens is 607 g/mol. The number of aromatic nitrogens is 1. The fraction of sp³-hybridized carbons (Fsp3) is 0.229. The molecule has 0 spiro atoms. The lowest BCUT2D eigenvalue weighted by atomic mass is 9.87. The summed E-state index contributed by atoms with van der Waals surface area (Å²) in [6.45, 7) is 1.77. The summed E-state index contributed by atoms with van der Waals surface area (Å²) in [7, 11) is 1.80. The Hall–Kier alpha value is -4.93. The Morgan fingerprint density at radius 3 is 2.59 bits per heavy atom. The van der Waals surface area contributed by atoms with Crippen molar-refractivity contribution in [3.05, 3.63) is 107 Å². The number of allylic oxidation sites excluding steroid dienone is 1. The number of halogens is 2. The second kappa shape index (κ2) is 15.9. The van der Waals surface area contributed by atoms with Crippen molar-refractivity contribution in [1.29, 1.82) is 0 Å². The lowest BCUT2D eigenvalue weighted by molar-refractivity contribution is -0.116. The number of alkyl halides is 1. The number of ether oxygens (including phenoxy) is 1. The van der Waals surface area contributed by atoms with Crippen LogP contribution in [0.4, 0.5) is 26.2 Å². The number of hydrazine groups is 1. The van der Waals surface area contributed by atoms with E-state index in [4.69, 9.17) is 32.9 Å². The number of amides is 2. The summed E-state index contributed by atoms with van der Waals surface area (Å²) < 4.78 is 14.2. The van der Waals surface area contributed by atoms with Gasteiger partial charge in [0.15, 0.2) is 0 Å². The highest BCUT2D eigenvalue weighted by atomic mass is 35.5. The van der Waals surface area contributed by atoms with Gasteiger partial charge in [0.25, 0.3) is 0 Å². The van der Waals surface area contributed by atoms with Gasteiger partial charge in [0.05, 0.1) is 25.7 Å². The van der Waals surface area contributed by atoms with Crippen molar-refractivity contribution in [3.8, 4) is 22.3 Å². The summed E-state index contributed by atoms with van der Waals surface area (Å²) in [5.41, 5.74) is 13.9. The number of methoxy groups -OCH3 is 1. The van der Waals surface area contributed by atoms with E-state index in [-0.39, 0.29) is 11.8 Å². The van der Waals surface area contributed by atoms with Crippen LogP contribution in [0.3, 0.4) is 0 Å². The number of nitrogens with one attached hydrogen (secondary N) is 2. The van der Waals surface area contributed by atoms with E-state index in [1.807, 2.05) is 48.7 Å². The quantitative estimate of drug-likeness (QED) is 0.128. The molecule has 0 fully saturated rings. The van der Waals surface area contributed by atoms with Crippen LogP contribution >= 0.6 is 11.6 Å². The molecule has 3 aromatic carbocycles. The topological polar surface area (TPSA) is 136 Å². The summed E-state index contributed by atoms with van der Waals surface area (Å²) in [6.07, 6.45) is 5.69. The van der Waals surface area contributed by atoms with Gasteiger partial charge in [-0.05, 0) is 67.3 Å². The average molecular weight is 645 g/mol. The van der Waals surface area contributed by atoms with E-state index in [1.165, 1.54) is 12.1 Å². The van der Waals surface area contributed by atoms with E-state index in [2.05, 4.69) is 22.8 Å². The Morgan fingerprint density at radius 1 is 1.07 bits per heavy atom. The number of hydrogen-bond acceptors (Lipinski definition) is 7. The zero-order valence-corrected chi connectivity index (χ0v) is 26.8. The minimum absolute atomic E-state index is 0.0165. The molecule has 6 N–H and O–H groups in total. The van der Waals surface area contributed by atoms with E-state index < -0.39 is 6.09 Å². The van der Waals surface area contributed by atoms with Gasteiger partial charge >= 0.3 is 6.09 Å². The fourth-order valence-corrected chi connectivity index (χ4v) is 5.60. The molecule has 2 amide bonds. The van der Waals surface area contributed by atoms with E-state index in [0.717, 1.165) is 58.5 Å². The number of anilines is 3. The summed E-state index contributed by atoms with van der Waals surface area (Å²) >= 11 is 6.37. The number of carbonyl (C=O) groups is 2. The highest BCUT2D eigenvalue weighted by molar-refractivity contribution is 6.31. The maximum absolute atomic E-state index is 12.9. The molecule has 5 rings (SSSR count). The monoisotopic (exact) mass is 644 g/mol. The van der Waals surface area contributed by atoms with Crippen molar-refractivity contribution in [2.45, 2.75) is 38.5 Å². The lowest BCUT2D eigenvalue weighted by Gasteiger charge is -2.21. The molecule has 0 saturated heterocycles. The first-order chi connectivity index (χ1) is 22.2. The van der Waals surface area contributed by atoms with Gasteiger partial charge in [-0.15, -0.1) is 0 Å². The van der Waals surface area contributed by atoms with Crippen LogP contribution in [0.15, 0.2) is 90.9 Å². The summed E-state index contributed by atoms with van der Waals surface area (Å²) in [5.74, 6) is 6.23. The van der Waals surface area contributed by atoms with Crippen LogP contribution in [0.1, 0.15) is 49.8 Å². The summed E-state index contributed by atoms with van der Waals surface area (Å²) in [6, 6.07) is 23.3. The molecule has 240 valence electrons. The van der Waals surface area contributed by atoms with Gasteiger partial charge in [-0.1, -0.05) is 54.4 Å². The van der Waals surface area contributed by atoms with Gasteiger partial charge in [-0.3, -0.25) is 24.5 Å². The standard InChI is InChI=1S/C34H35ClN6O3.CH3F/c1-21(36)20-41(37)32-15-11-25(35)17-29(32)24-10-14-30(38-19-24)27-8-3-4-9-33(42)40-31-18-26(39-34(43)44-2)12-13-28(31)23-7-5-6-22(27)16-23;1-2/h5-7,10-20,27H,3-4,8-9,36-37H2,1-2H3,(H,39,43)(H,40,42);1H3/b21-20-;. The largest absolute Gasteiger partial charge is 0.453 e. The maximum atomic E-state index is 12.9. The van der Waals surface area contributed by atoms with Gasteiger partial charge in [0, 0.05) is 63.5 Å². The molecule has 0 saturated carbocycles. The first kappa shape index (κ1) is 34.0. The molecule has 2 bridgehead atoms. The summed E-state index contributed by atoms with van der Waals surface area (Å²) in [4.78, 5) is 29.6. The first-order valence-corrected chi connectivity index (χ1v) is 15.1. The predicted molar refractivity (Wildman–Crippen MR) is 183 cm³/mol. The molecule has 11 heteroatoms. The normalized spacial score (nSPS) is 14.7. The van der Waals surface area contributed by atoms with Crippen LogP contribution < -0.4 is 27.2 Å². The molecule has 1 unspecified atom stereocenters. The van der Waals surface area contributed by atoms with Gasteiger partial charge < -0.3 is 15.8 Å². The van der Waals surface area contributed by atoms with Gasteiger partial charge in [-0.2, -0.15) is 0 Å². The second-order valence-electron chi connectivity index (χ2n) is 10.8. The molecule has 1 aliphatic heterocycles. The lowest BCUT2D eigenvalue weighted by Crippen LogP contribution is -2.26. The highest BCUT2D eigenvalue weighted by Crippen LogP contribution is 2.38. The zero-order chi connectivity index (χ0) is 33.2. The number of benzene rings is 3.